The molecular formula is C12H18O5. The van der Waals surface area contributed by atoms with Gasteiger partial charge in [-0.3, -0.25) is 0 Å². The molecule has 5 heteroatoms. The highest BCUT2D eigenvalue weighted by Gasteiger charge is 1.96. The van der Waals surface area contributed by atoms with E-state index in [1.807, 2.05) is 6.07 Å². The van der Waals surface area contributed by atoms with Gasteiger partial charge in [0.2, 0.25) is 0 Å². The molecule has 0 bridgehead atoms. The largest absolute Gasteiger partial charge is 0.508 e. The Kier molecular flexibility index (Phi) is 10.1. The minimum Gasteiger partial charge on any atom is -0.508 e. The summed E-state index contributed by atoms with van der Waals surface area (Å²) in [6.07, 6.45) is 0.931. The summed E-state index contributed by atoms with van der Waals surface area (Å²) in [7, 11) is 0. The quantitative estimate of drug-likeness (QED) is 0.707. The number of aromatic hydroxyl groups is 1. The Bertz CT molecular complexity index is 267. The number of carbonyl (C=O) groups excluding carboxylic acids is 1. The Morgan fingerprint density at radius 1 is 1.12 bits per heavy atom. The van der Waals surface area contributed by atoms with E-state index in [9.17, 15) is 4.79 Å². The third-order valence-corrected chi connectivity index (χ3v) is 1.31. The maximum absolute atomic E-state index is 9.44. The molecule has 1 aromatic carbocycles. The molecule has 1 saturated heterocycles. The van der Waals surface area contributed by atoms with Crippen molar-refractivity contribution in [3.63, 3.8) is 0 Å². The molecule has 0 saturated carbocycles. The van der Waals surface area contributed by atoms with Crippen LogP contribution in [-0.2, 0) is 19.6 Å². The van der Waals surface area contributed by atoms with Gasteiger partial charge in [-0.15, -0.1) is 0 Å². The molecule has 1 aliphatic heterocycles. The average molecular weight is 242 g/mol. The molecule has 0 aromatic heterocycles. The molecule has 5 nitrogen and oxygen atoms in total. The van der Waals surface area contributed by atoms with E-state index in [0.29, 0.717) is 19.0 Å². The van der Waals surface area contributed by atoms with E-state index in [4.69, 9.17) is 5.11 Å². The van der Waals surface area contributed by atoms with Gasteiger partial charge in [0.25, 0.3) is 0 Å². The van der Waals surface area contributed by atoms with Crippen molar-refractivity contribution in [2.24, 2.45) is 0 Å². The van der Waals surface area contributed by atoms with Gasteiger partial charge in [0.15, 0.2) is 0 Å². The van der Waals surface area contributed by atoms with Gasteiger partial charge in [0, 0.05) is 6.42 Å². The lowest BCUT2D eigenvalue weighted by atomic mass is 10.3. The summed E-state index contributed by atoms with van der Waals surface area (Å²) in [6.45, 7) is 4.36. The minimum absolute atomic E-state index is 0.167. The lowest BCUT2D eigenvalue weighted by Crippen LogP contribution is -2.08. The van der Waals surface area contributed by atoms with E-state index in [2.05, 4.69) is 14.8 Å². The van der Waals surface area contributed by atoms with Crippen LogP contribution in [0.15, 0.2) is 30.3 Å². The molecule has 0 atom stereocenters. The Hall–Kier alpha value is -1.43. The summed E-state index contributed by atoms with van der Waals surface area (Å²) in [5.41, 5.74) is 0. The van der Waals surface area contributed by atoms with Crippen LogP contribution in [0.2, 0.25) is 0 Å². The summed E-state index contributed by atoms with van der Waals surface area (Å²) in [5.74, 6) is 0.488. The first kappa shape index (κ1) is 15.6. The molecule has 0 unspecified atom stereocenters. The summed E-state index contributed by atoms with van der Waals surface area (Å²) in [5, 5.41) is 12.7. The maximum Gasteiger partial charge on any atom is 0.126 e. The van der Waals surface area contributed by atoms with Crippen molar-refractivity contribution in [1.82, 2.24) is 0 Å². The van der Waals surface area contributed by atoms with Gasteiger partial charge in [-0.25, -0.2) is 9.78 Å². The number of hydrogen-bond acceptors (Lipinski definition) is 5. The average Bonchev–Trinajstić information content (AvgIpc) is 2.32. The standard InChI is InChI=1S/C6H6O.C3H6O3.C3H6O/c7-6-4-2-1-3-5-6;1-2-4-6-5-3-1;1-3(2)4/h1-5,7H;1-3H2;1-2H3. The number of hydrogen-bond donors (Lipinski definition) is 1. The van der Waals surface area contributed by atoms with Crippen molar-refractivity contribution in [2.75, 3.05) is 13.2 Å². The smallest absolute Gasteiger partial charge is 0.126 e. The van der Waals surface area contributed by atoms with Crippen LogP contribution in [0, 0.1) is 0 Å². The highest BCUT2D eigenvalue weighted by molar-refractivity contribution is 5.72. The van der Waals surface area contributed by atoms with Crippen LogP contribution in [0.1, 0.15) is 20.3 Å². The third kappa shape index (κ3) is 14.6. The molecule has 1 aromatic rings. The van der Waals surface area contributed by atoms with Crippen LogP contribution in [0.25, 0.3) is 0 Å². The first-order valence-corrected chi connectivity index (χ1v) is 5.25. The summed E-state index contributed by atoms with van der Waals surface area (Å²) in [6, 6.07) is 8.71. The summed E-state index contributed by atoms with van der Waals surface area (Å²) >= 11 is 0. The van der Waals surface area contributed by atoms with Crippen molar-refractivity contribution < 1.29 is 24.7 Å². The van der Waals surface area contributed by atoms with Crippen LogP contribution in [0.4, 0.5) is 0 Å². The van der Waals surface area contributed by atoms with Gasteiger partial charge >= 0.3 is 0 Å². The van der Waals surface area contributed by atoms with Crippen molar-refractivity contribution in [2.45, 2.75) is 20.3 Å². The van der Waals surface area contributed by atoms with Gasteiger partial charge in [0.05, 0.1) is 13.2 Å². The number of carbonyl (C=O) groups is 1. The van der Waals surface area contributed by atoms with E-state index in [1.54, 1.807) is 24.3 Å². The fourth-order valence-electron chi connectivity index (χ4n) is 0.707. The monoisotopic (exact) mass is 242 g/mol. The van der Waals surface area contributed by atoms with Crippen LogP contribution < -0.4 is 0 Å². The molecule has 0 radical (unpaired) electrons. The molecule has 0 aliphatic carbocycles. The second-order valence-corrected chi connectivity index (χ2v) is 3.31. The zero-order chi connectivity index (χ0) is 12.9. The second kappa shape index (κ2) is 11.1. The maximum atomic E-state index is 9.44. The topological polar surface area (TPSA) is 65.0 Å². The number of Topliss-reactive ketones (excluding diaryl/α,β-unsaturated/α-hetero) is 1. The van der Waals surface area contributed by atoms with Crippen molar-refractivity contribution in [3.8, 4) is 5.75 Å². The second-order valence-electron chi connectivity index (χ2n) is 3.31. The lowest BCUT2D eigenvalue weighted by Gasteiger charge is -2.06. The number of benzene rings is 1. The fourth-order valence-corrected chi connectivity index (χ4v) is 0.707. The Morgan fingerprint density at radius 3 is 1.76 bits per heavy atom. The van der Waals surface area contributed by atoms with E-state index >= 15 is 0 Å². The zero-order valence-electron chi connectivity index (χ0n) is 10.1. The number of phenols is 1. The molecular weight excluding hydrogens is 224 g/mol. The van der Waals surface area contributed by atoms with Crippen LogP contribution >= 0.6 is 0 Å². The minimum atomic E-state index is 0.167. The highest BCUT2D eigenvalue weighted by Crippen LogP contribution is 2.02. The SMILES string of the molecule is C1COOOC1.CC(C)=O.Oc1ccccc1. The van der Waals surface area contributed by atoms with Gasteiger partial charge in [-0.2, -0.15) is 0 Å². The van der Waals surface area contributed by atoms with Crippen LogP contribution in [-0.4, -0.2) is 24.1 Å². The number of ketones is 1. The molecule has 1 aliphatic rings. The van der Waals surface area contributed by atoms with Crippen LogP contribution in [0.3, 0.4) is 0 Å². The normalized spacial score (nSPS) is 13.5. The van der Waals surface area contributed by atoms with Crippen molar-refractivity contribution in [1.29, 1.82) is 0 Å². The van der Waals surface area contributed by atoms with E-state index < -0.39 is 0 Å². The number of phenolic OH excluding ortho intramolecular Hbond substituents is 1. The van der Waals surface area contributed by atoms with Gasteiger partial charge in [0.1, 0.15) is 11.5 Å². The van der Waals surface area contributed by atoms with Crippen LogP contribution in [0.5, 0.6) is 5.75 Å². The molecule has 0 spiro atoms. The zero-order valence-corrected chi connectivity index (χ0v) is 10.1. The van der Waals surface area contributed by atoms with E-state index in [0.717, 1.165) is 6.42 Å². The lowest BCUT2D eigenvalue weighted by molar-refractivity contribution is -0.532. The first-order valence-electron chi connectivity index (χ1n) is 5.25. The van der Waals surface area contributed by atoms with Gasteiger partial charge in [-0.1, -0.05) is 23.2 Å². The van der Waals surface area contributed by atoms with E-state index in [1.165, 1.54) is 13.8 Å². The highest BCUT2D eigenvalue weighted by atomic mass is 17.5. The molecule has 17 heavy (non-hydrogen) atoms. The Balaban J connectivity index is 0.000000236. The van der Waals surface area contributed by atoms with Gasteiger partial charge < -0.3 is 9.90 Å². The predicted octanol–water partition coefficient (Wildman–Crippen LogP) is 2.26. The van der Waals surface area contributed by atoms with Gasteiger partial charge in [-0.05, 0) is 26.0 Å². The third-order valence-electron chi connectivity index (χ3n) is 1.31. The Labute approximate surface area is 101 Å². The van der Waals surface area contributed by atoms with Crippen molar-refractivity contribution in [3.05, 3.63) is 30.3 Å². The Morgan fingerprint density at radius 2 is 1.59 bits per heavy atom. The molecule has 1 heterocycles. The molecule has 1 N–H and O–H groups in total. The molecule has 0 amide bonds. The summed E-state index contributed by atoms with van der Waals surface area (Å²) in [4.78, 5) is 18.1. The fraction of sp³-hybridized carbons (Fsp3) is 0.417. The van der Waals surface area contributed by atoms with E-state index in [-0.39, 0.29) is 5.78 Å². The number of para-hydroxylation sites is 1. The predicted molar refractivity (Wildman–Crippen MR) is 62.1 cm³/mol. The molecule has 1 fully saturated rings. The number of rotatable bonds is 0. The van der Waals surface area contributed by atoms with Crippen molar-refractivity contribution >= 4 is 5.78 Å². The summed E-state index contributed by atoms with van der Waals surface area (Å²) < 4.78 is 0. The molecule has 96 valence electrons. The first-order chi connectivity index (χ1) is 8.13. The molecule has 2 rings (SSSR count).